The van der Waals surface area contributed by atoms with Gasteiger partial charge in [-0.25, -0.2) is 4.98 Å². The molecule has 0 unspecified atom stereocenters. The van der Waals surface area contributed by atoms with Gasteiger partial charge in [-0.3, -0.25) is 0 Å². The molecule has 0 aliphatic heterocycles. The normalized spacial score (nSPS) is 10.9. The van der Waals surface area contributed by atoms with Gasteiger partial charge in [0.05, 0.1) is 37.4 Å². The zero-order valence-corrected chi connectivity index (χ0v) is 14.1. The molecular weight excluding hydrogens is 387 g/mol. The van der Waals surface area contributed by atoms with Crippen molar-refractivity contribution in [2.24, 2.45) is 0 Å². The van der Waals surface area contributed by atoms with Gasteiger partial charge in [-0.1, -0.05) is 69.6 Å². The number of halogens is 6. The highest BCUT2D eigenvalue weighted by molar-refractivity contribution is 6.56. The van der Waals surface area contributed by atoms with E-state index in [1.165, 1.54) is 0 Å². The Labute approximate surface area is 145 Å². The summed E-state index contributed by atoms with van der Waals surface area (Å²) >= 11 is 36.1. The summed E-state index contributed by atoms with van der Waals surface area (Å²) in [6.45, 7) is -0.347. The largest absolute Gasteiger partial charge is 0.390 e. The quantitative estimate of drug-likeness (QED) is 0.377. The van der Waals surface area contributed by atoms with Gasteiger partial charge in [0.2, 0.25) is 0 Å². The summed E-state index contributed by atoms with van der Waals surface area (Å²) in [4.78, 5) is 4.01. The highest BCUT2D eigenvalue weighted by Crippen LogP contribution is 2.48. The summed E-state index contributed by atoms with van der Waals surface area (Å²) in [7, 11) is 0. The molecule has 0 aliphatic rings. The Morgan fingerprint density at radius 1 is 0.800 bits per heavy atom. The third-order valence-corrected chi connectivity index (χ3v) is 5.06. The first-order valence-electron chi connectivity index (χ1n) is 5.16. The fourth-order valence-corrected chi connectivity index (χ4v) is 3.17. The highest BCUT2D eigenvalue weighted by atomic mass is 35.5. The second-order valence-electron chi connectivity index (χ2n) is 3.73. The van der Waals surface area contributed by atoms with Crippen LogP contribution < -0.4 is 0 Å². The Hall–Kier alpha value is 0.0700. The van der Waals surface area contributed by atoms with E-state index >= 15 is 0 Å². The zero-order valence-electron chi connectivity index (χ0n) is 9.52. The standard InChI is InChI=1S/C12H5Cl6NO/c13-6-2-1-4(5(3-20)19-6)7-8(14)10(16)12(18)11(17)9(7)15/h1-2,20H,3H2. The van der Waals surface area contributed by atoms with Crippen LogP contribution in [0.15, 0.2) is 12.1 Å². The topological polar surface area (TPSA) is 33.1 Å². The van der Waals surface area contributed by atoms with Crippen LogP contribution in [0.3, 0.4) is 0 Å². The van der Waals surface area contributed by atoms with Crippen molar-refractivity contribution in [1.29, 1.82) is 0 Å². The molecule has 2 rings (SSSR count). The molecule has 20 heavy (non-hydrogen) atoms. The molecule has 1 aromatic heterocycles. The van der Waals surface area contributed by atoms with Crippen molar-refractivity contribution >= 4 is 69.6 Å². The molecule has 1 N–H and O–H groups in total. The lowest BCUT2D eigenvalue weighted by atomic mass is 10.0. The monoisotopic (exact) mass is 389 g/mol. The second kappa shape index (κ2) is 6.45. The smallest absolute Gasteiger partial charge is 0.129 e. The molecule has 0 bridgehead atoms. The number of benzene rings is 1. The number of aliphatic hydroxyl groups is 1. The van der Waals surface area contributed by atoms with E-state index < -0.39 is 0 Å². The SMILES string of the molecule is OCc1nc(Cl)ccc1-c1c(Cl)c(Cl)c(Cl)c(Cl)c1Cl. The van der Waals surface area contributed by atoms with Crippen LogP contribution in [0.2, 0.25) is 30.3 Å². The van der Waals surface area contributed by atoms with E-state index in [2.05, 4.69) is 4.98 Å². The average molecular weight is 392 g/mol. The van der Waals surface area contributed by atoms with Gasteiger partial charge in [0.25, 0.3) is 0 Å². The van der Waals surface area contributed by atoms with E-state index in [-0.39, 0.29) is 36.9 Å². The molecule has 106 valence electrons. The molecule has 2 nitrogen and oxygen atoms in total. The summed E-state index contributed by atoms with van der Waals surface area (Å²) in [5, 5.41) is 10.1. The van der Waals surface area contributed by atoms with E-state index in [1.54, 1.807) is 12.1 Å². The molecule has 0 spiro atoms. The molecule has 1 aromatic carbocycles. The van der Waals surface area contributed by atoms with Crippen LogP contribution in [0.1, 0.15) is 5.69 Å². The van der Waals surface area contributed by atoms with Crippen LogP contribution in [0, 0.1) is 0 Å². The van der Waals surface area contributed by atoms with E-state index in [9.17, 15) is 5.11 Å². The van der Waals surface area contributed by atoms with Crippen molar-refractivity contribution in [2.45, 2.75) is 6.61 Å². The second-order valence-corrected chi connectivity index (χ2v) is 6.01. The third-order valence-electron chi connectivity index (χ3n) is 2.57. The number of rotatable bonds is 2. The van der Waals surface area contributed by atoms with E-state index in [0.717, 1.165) is 0 Å². The molecular formula is C12H5Cl6NO. The number of nitrogens with zero attached hydrogens (tertiary/aromatic N) is 1. The van der Waals surface area contributed by atoms with Crippen LogP contribution in [0.4, 0.5) is 0 Å². The van der Waals surface area contributed by atoms with Crippen LogP contribution in [0.5, 0.6) is 0 Å². The van der Waals surface area contributed by atoms with Crippen molar-refractivity contribution < 1.29 is 5.11 Å². The van der Waals surface area contributed by atoms with Crippen molar-refractivity contribution in [3.05, 3.63) is 48.1 Å². The number of hydrogen-bond donors (Lipinski definition) is 1. The Balaban J connectivity index is 2.83. The fourth-order valence-electron chi connectivity index (χ4n) is 1.66. The average Bonchev–Trinajstić information content (AvgIpc) is 2.44. The maximum Gasteiger partial charge on any atom is 0.129 e. The third kappa shape index (κ3) is 2.84. The van der Waals surface area contributed by atoms with Gasteiger partial charge in [0, 0.05) is 11.1 Å². The van der Waals surface area contributed by atoms with Crippen molar-refractivity contribution in [2.75, 3.05) is 0 Å². The molecule has 0 fully saturated rings. The number of aliphatic hydroxyl groups excluding tert-OH is 1. The van der Waals surface area contributed by atoms with Crippen LogP contribution in [-0.4, -0.2) is 10.1 Å². The minimum atomic E-state index is -0.347. The number of aromatic nitrogens is 1. The molecule has 0 aliphatic carbocycles. The molecule has 1 heterocycles. The zero-order chi connectivity index (χ0) is 15.0. The van der Waals surface area contributed by atoms with Gasteiger partial charge in [0.15, 0.2) is 0 Å². The first-order chi connectivity index (χ1) is 9.38. The van der Waals surface area contributed by atoms with Gasteiger partial charge in [-0.05, 0) is 12.1 Å². The Kier molecular flexibility index (Phi) is 5.30. The van der Waals surface area contributed by atoms with Gasteiger partial charge in [-0.15, -0.1) is 0 Å². The molecule has 0 saturated heterocycles. The summed E-state index contributed by atoms with van der Waals surface area (Å²) in [6, 6.07) is 3.16. The lowest BCUT2D eigenvalue weighted by Crippen LogP contribution is -1.96. The lowest BCUT2D eigenvalue weighted by Gasteiger charge is -2.14. The van der Waals surface area contributed by atoms with Crippen molar-refractivity contribution in [3.63, 3.8) is 0 Å². The predicted octanol–water partition coefficient (Wildman–Crippen LogP) is 6.16. The van der Waals surface area contributed by atoms with Gasteiger partial charge >= 0.3 is 0 Å². The molecule has 0 atom stereocenters. The fraction of sp³-hybridized carbons (Fsp3) is 0.0833. The summed E-state index contributed by atoms with van der Waals surface area (Å²) < 4.78 is 0. The van der Waals surface area contributed by atoms with E-state index in [0.29, 0.717) is 16.8 Å². The van der Waals surface area contributed by atoms with Gasteiger partial charge in [-0.2, -0.15) is 0 Å². The highest BCUT2D eigenvalue weighted by Gasteiger charge is 2.22. The maximum atomic E-state index is 9.38. The van der Waals surface area contributed by atoms with Crippen LogP contribution in [-0.2, 0) is 6.61 Å². The molecule has 0 saturated carbocycles. The van der Waals surface area contributed by atoms with Gasteiger partial charge < -0.3 is 5.11 Å². The first kappa shape index (κ1) is 16.4. The Morgan fingerprint density at radius 2 is 1.30 bits per heavy atom. The maximum absolute atomic E-state index is 9.38. The lowest BCUT2D eigenvalue weighted by molar-refractivity contribution is 0.277. The predicted molar refractivity (Wildman–Crippen MR) is 85.7 cm³/mol. The summed E-state index contributed by atoms with van der Waals surface area (Å²) in [5.74, 6) is 0. The van der Waals surface area contributed by atoms with Crippen LogP contribution in [0.25, 0.3) is 11.1 Å². The Morgan fingerprint density at radius 3 is 1.80 bits per heavy atom. The minimum absolute atomic E-state index is 0.0690. The van der Waals surface area contributed by atoms with Gasteiger partial charge in [0.1, 0.15) is 5.15 Å². The summed E-state index contributed by atoms with van der Waals surface area (Å²) in [5.41, 5.74) is 1.13. The molecule has 8 heteroatoms. The number of hydrogen-bond acceptors (Lipinski definition) is 2. The van der Waals surface area contributed by atoms with Crippen molar-refractivity contribution in [1.82, 2.24) is 4.98 Å². The number of pyridine rings is 1. The Bertz CT molecular complexity index is 659. The molecule has 2 aromatic rings. The van der Waals surface area contributed by atoms with E-state index in [4.69, 9.17) is 69.6 Å². The van der Waals surface area contributed by atoms with Crippen LogP contribution >= 0.6 is 69.6 Å². The summed E-state index contributed by atoms with van der Waals surface area (Å²) in [6.07, 6.45) is 0. The van der Waals surface area contributed by atoms with Crippen molar-refractivity contribution in [3.8, 4) is 11.1 Å². The first-order valence-corrected chi connectivity index (χ1v) is 7.43. The minimum Gasteiger partial charge on any atom is -0.390 e. The van der Waals surface area contributed by atoms with E-state index in [1.807, 2.05) is 0 Å². The molecule has 0 radical (unpaired) electrons. The molecule has 0 amide bonds.